The van der Waals surface area contributed by atoms with Crippen LogP contribution in [-0.2, 0) is 9.59 Å². The van der Waals surface area contributed by atoms with Crippen LogP contribution in [0.2, 0.25) is 0 Å². The van der Waals surface area contributed by atoms with Gasteiger partial charge in [-0.15, -0.1) is 0 Å². The standard InChI is InChI=1S/C30H28N2O7/c1-35-23-11-15-25(16-12-23)37-19-29(33)31-21-3-7-27(8-4-21)39-28-9-5-22(6-10-28)32-30(34)20-38-26-17-13-24(36-2)14-18-26/h3-18H,19-20H2,1-2H3,(H,31,33)(H,32,34). The lowest BCUT2D eigenvalue weighted by Crippen LogP contribution is -2.20. The molecule has 9 nitrogen and oxygen atoms in total. The van der Waals surface area contributed by atoms with Crippen LogP contribution < -0.4 is 34.3 Å². The highest BCUT2D eigenvalue weighted by atomic mass is 16.5. The second-order valence-corrected chi connectivity index (χ2v) is 8.18. The molecule has 39 heavy (non-hydrogen) atoms. The minimum atomic E-state index is -0.286. The third kappa shape index (κ3) is 8.43. The molecule has 0 atom stereocenters. The SMILES string of the molecule is COc1ccc(OCC(=O)Nc2ccc(Oc3ccc(NC(=O)COc4ccc(OC)cc4)cc3)cc2)cc1. The lowest BCUT2D eigenvalue weighted by Gasteiger charge is -2.10. The Morgan fingerprint density at radius 1 is 0.487 bits per heavy atom. The Morgan fingerprint density at radius 2 is 0.795 bits per heavy atom. The van der Waals surface area contributed by atoms with Crippen LogP contribution in [0.5, 0.6) is 34.5 Å². The molecule has 0 saturated carbocycles. The number of benzene rings is 4. The Hall–Kier alpha value is -5.18. The third-order valence-corrected chi connectivity index (χ3v) is 5.37. The van der Waals surface area contributed by atoms with Crippen molar-refractivity contribution in [1.29, 1.82) is 0 Å². The van der Waals surface area contributed by atoms with Crippen molar-refractivity contribution in [1.82, 2.24) is 0 Å². The summed E-state index contributed by atoms with van der Waals surface area (Å²) in [7, 11) is 3.17. The number of anilines is 2. The topological polar surface area (TPSA) is 104 Å². The molecule has 0 aromatic heterocycles. The van der Waals surface area contributed by atoms with E-state index in [1.54, 1.807) is 111 Å². The summed E-state index contributed by atoms with van der Waals surface area (Å²) in [6.07, 6.45) is 0. The van der Waals surface area contributed by atoms with E-state index >= 15 is 0 Å². The van der Waals surface area contributed by atoms with Crippen molar-refractivity contribution in [2.75, 3.05) is 38.1 Å². The number of carbonyl (C=O) groups is 2. The molecule has 4 aromatic rings. The molecule has 0 bridgehead atoms. The van der Waals surface area contributed by atoms with Crippen molar-refractivity contribution in [3.63, 3.8) is 0 Å². The van der Waals surface area contributed by atoms with Crippen LogP contribution in [0.25, 0.3) is 0 Å². The fourth-order valence-corrected chi connectivity index (χ4v) is 3.38. The van der Waals surface area contributed by atoms with Crippen LogP contribution in [-0.4, -0.2) is 39.2 Å². The van der Waals surface area contributed by atoms with Gasteiger partial charge in [0.05, 0.1) is 14.2 Å². The smallest absolute Gasteiger partial charge is 0.262 e. The number of carbonyl (C=O) groups excluding carboxylic acids is 2. The van der Waals surface area contributed by atoms with E-state index in [0.717, 1.165) is 0 Å². The second-order valence-electron chi connectivity index (χ2n) is 8.18. The molecule has 0 spiro atoms. The minimum Gasteiger partial charge on any atom is -0.497 e. The lowest BCUT2D eigenvalue weighted by atomic mass is 10.2. The first-order valence-corrected chi connectivity index (χ1v) is 12.0. The summed E-state index contributed by atoms with van der Waals surface area (Å²) in [5.74, 6) is 3.17. The van der Waals surface area contributed by atoms with E-state index in [9.17, 15) is 9.59 Å². The van der Waals surface area contributed by atoms with Crippen molar-refractivity contribution in [2.24, 2.45) is 0 Å². The molecular weight excluding hydrogens is 500 g/mol. The molecule has 0 heterocycles. The first-order chi connectivity index (χ1) is 19.0. The van der Waals surface area contributed by atoms with Gasteiger partial charge in [-0.2, -0.15) is 0 Å². The predicted molar refractivity (Wildman–Crippen MR) is 147 cm³/mol. The average molecular weight is 529 g/mol. The highest BCUT2D eigenvalue weighted by Crippen LogP contribution is 2.25. The van der Waals surface area contributed by atoms with Gasteiger partial charge in [0.25, 0.3) is 11.8 Å². The van der Waals surface area contributed by atoms with Gasteiger partial charge >= 0.3 is 0 Å². The van der Waals surface area contributed by atoms with Gasteiger partial charge in [-0.3, -0.25) is 9.59 Å². The number of ether oxygens (including phenoxy) is 5. The van der Waals surface area contributed by atoms with E-state index in [0.29, 0.717) is 45.9 Å². The minimum absolute atomic E-state index is 0.124. The molecule has 0 aliphatic carbocycles. The third-order valence-electron chi connectivity index (χ3n) is 5.37. The summed E-state index contributed by atoms with van der Waals surface area (Å²) in [6, 6.07) is 27.9. The summed E-state index contributed by atoms with van der Waals surface area (Å²) in [6.45, 7) is -0.248. The van der Waals surface area contributed by atoms with Gasteiger partial charge in [0, 0.05) is 11.4 Å². The largest absolute Gasteiger partial charge is 0.497 e. The van der Waals surface area contributed by atoms with E-state index in [1.165, 1.54) is 0 Å². The van der Waals surface area contributed by atoms with E-state index < -0.39 is 0 Å². The molecule has 0 saturated heterocycles. The van der Waals surface area contributed by atoms with Crippen LogP contribution in [0.15, 0.2) is 97.1 Å². The lowest BCUT2D eigenvalue weighted by molar-refractivity contribution is -0.118. The molecule has 200 valence electrons. The van der Waals surface area contributed by atoms with Crippen LogP contribution in [0.3, 0.4) is 0 Å². The predicted octanol–water partition coefficient (Wildman–Crippen LogP) is 5.53. The Morgan fingerprint density at radius 3 is 1.13 bits per heavy atom. The number of hydrogen-bond donors (Lipinski definition) is 2. The van der Waals surface area contributed by atoms with Gasteiger partial charge in [0.15, 0.2) is 13.2 Å². The zero-order valence-electron chi connectivity index (χ0n) is 21.5. The number of nitrogens with one attached hydrogen (secondary N) is 2. The van der Waals surface area contributed by atoms with Crippen LogP contribution in [0.4, 0.5) is 11.4 Å². The fourth-order valence-electron chi connectivity index (χ4n) is 3.38. The maximum Gasteiger partial charge on any atom is 0.262 e. The Balaban J connectivity index is 1.20. The number of amides is 2. The van der Waals surface area contributed by atoms with Gasteiger partial charge in [-0.05, 0) is 97.1 Å². The summed E-state index contributed by atoms with van der Waals surface area (Å²) >= 11 is 0. The highest BCUT2D eigenvalue weighted by Gasteiger charge is 2.07. The van der Waals surface area contributed by atoms with Crippen molar-refractivity contribution in [3.8, 4) is 34.5 Å². The van der Waals surface area contributed by atoms with Gasteiger partial charge in [0.1, 0.15) is 34.5 Å². The maximum atomic E-state index is 12.2. The highest BCUT2D eigenvalue weighted by molar-refractivity contribution is 5.92. The summed E-state index contributed by atoms with van der Waals surface area (Å²) < 4.78 is 27.0. The van der Waals surface area contributed by atoms with Crippen LogP contribution in [0.1, 0.15) is 0 Å². The Kier molecular flexibility index (Phi) is 9.22. The normalized spacial score (nSPS) is 10.2. The van der Waals surface area contributed by atoms with Gasteiger partial charge < -0.3 is 34.3 Å². The van der Waals surface area contributed by atoms with E-state index in [2.05, 4.69) is 10.6 Å². The zero-order valence-corrected chi connectivity index (χ0v) is 21.5. The molecule has 0 aliphatic rings. The molecular formula is C30H28N2O7. The van der Waals surface area contributed by atoms with Crippen molar-refractivity contribution in [2.45, 2.75) is 0 Å². The number of rotatable bonds is 12. The first-order valence-electron chi connectivity index (χ1n) is 12.0. The molecule has 0 unspecified atom stereocenters. The maximum absolute atomic E-state index is 12.2. The zero-order chi connectivity index (χ0) is 27.5. The molecule has 0 aliphatic heterocycles. The van der Waals surface area contributed by atoms with E-state index in [4.69, 9.17) is 23.7 Å². The number of hydrogen-bond acceptors (Lipinski definition) is 7. The van der Waals surface area contributed by atoms with E-state index in [1.807, 2.05) is 0 Å². The Labute approximate surface area is 226 Å². The first kappa shape index (κ1) is 26.9. The molecule has 2 N–H and O–H groups in total. The molecule has 0 fully saturated rings. The molecule has 9 heteroatoms. The summed E-state index contributed by atoms with van der Waals surface area (Å²) in [4.78, 5) is 24.4. The quantitative estimate of drug-likeness (QED) is 0.249. The molecule has 4 aromatic carbocycles. The van der Waals surface area contributed by atoms with E-state index in [-0.39, 0.29) is 25.0 Å². The van der Waals surface area contributed by atoms with Crippen molar-refractivity contribution in [3.05, 3.63) is 97.1 Å². The number of methoxy groups -OCH3 is 2. The average Bonchev–Trinajstić information content (AvgIpc) is 2.97. The Bertz CT molecular complexity index is 1250. The molecule has 0 radical (unpaired) electrons. The van der Waals surface area contributed by atoms with Gasteiger partial charge in [-0.1, -0.05) is 0 Å². The van der Waals surface area contributed by atoms with Crippen molar-refractivity contribution < 1.29 is 33.3 Å². The fraction of sp³-hybridized carbons (Fsp3) is 0.133. The van der Waals surface area contributed by atoms with Gasteiger partial charge in [0.2, 0.25) is 0 Å². The molecule has 4 rings (SSSR count). The monoisotopic (exact) mass is 528 g/mol. The molecule has 2 amide bonds. The van der Waals surface area contributed by atoms with Crippen LogP contribution >= 0.6 is 0 Å². The van der Waals surface area contributed by atoms with Crippen LogP contribution in [0, 0.1) is 0 Å². The summed E-state index contributed by atoms with van der Waals surface area (Å²) in [5, 5.41) is 5.55. The summed E-state index contributed by atoms with van der Waals surface area (Å²) in [5.41, 5.74) is 1.22. The van der Waals surface area contributed by atoms with Crippen molar-refractivity contribution >= 4 is 23.2 Å². The second kappa shape index (κ2) is 13.4. The van der Waals surface area contributed by atoms with Gasteiger partial charge in [-0.25, -0.2) is 0 Å².